The molecule has 1 aromatic heterocycles. The minimum Gasteiger partial charge on any atom is -0.369 e. The molecule has 1 amide bonds. The fourth-order valence-corrected chi connectivity index (χ4v) is 2.70. The largest absolute Gasteiger partial charge is 0.369 e. The van der Waals surface area contributed by atoms with E-state index in [0.29, 0.717) is 29.4 Å². The number of anilines is 1. The van der Waals surface area contributed by atoms with Crippen LogP contribution in [0.4, 0.5) is 5.82 Å². The van der Waals surface area contributed by atoms with Gasteiger partial charge in [0.25, 0.3) is 0 Å². The third kappa shape index (κ3) is 2.63. The molecule has 112 valence electrons. The van der Waals surface area contributed by atoms with Crippen LogP contribution in [0.25, 0.3) is 11.3 Å². The highest BCUT2D eigenvalue weighted by atomic mass is 35.5. The van der Waals surface area contributed by atoms with Crippen LogP contribution in [-0.2, 0) is 4.79 Å². The summed E-state index contributed by atoms with van der Waals surface area (Å²) in [5, 5.41) is 13.8. The van der Waals surface area contributed by atoms with Crippen molar-refractivity contribution in [3.05, 3.63) is 35.4 Å². The third-order valence-electron chi connectivity index (χ3n) is 3.84. The van der Waals surface area contributed by atoms with Gasteiger partial charge in [0, 0.05) is 28.6 Å². The van der Waals surface area contributed by atoms with Crippen LogP contribution in [0.1, 0.15) is 12.8 Å². The minimum atomic E-state index is -0.325. The molecule has 1 aliphatic carbocycles. The number of halogens is 1. The Morgan fingerprint density at radius 2 is 2.23 bits per heavy atom. The first-order valence-corrected chi connectivity index (χ1v) is 7.17. The van der Waals surface area contributed by atoms with E-state index in [2.05, 4.69) is 11.3 Å². The van der Waals surface area contributed by atoms with E-state index >= 15 is 0 Å². The van der Waals surface area contributed by atoms with Crippen molar-refractivity contribution >= 4 is 23.3 Å². The molecule has 1 saturated carbocycles. The Morgan fingerprint density at radius 3 is 2.86 bits per heavy atom. The van der Waals surface area contributed by atoms with E-state index < -0.39 is 0 Å². The number of amides is 1. The average Bonchev–Trinajstić information content (AvgIpc) is 2.91. The third-order valence-corrected chi connectivity index (χ3v) is 4.08. The maximum atomic E-state index is 11.1. The lowest BCUT2D eigenvalue weighted by Crippen LogP contribution is -2.47. The van der Waals surface area contributed by atoms with Gasteiger partial charge in [-0.15, -0.1) is 0 Å². The van der Waals surface area contributed by atoms with Crippen LogP contribution in [-0.4, -0.2) is 17.1 Å². The fraction of sp³-hybridized carbons (Fsp3) is 0.267. The number of hydrogen-bond acceptors (Lipinski definition) is 5. The Hall–Kier alpha value is -2.52. The van der Waals surface area contributed by atoms with Crippen molar-refractivity contribution < 1.29 is 9.32 Å². The van der Waals surface area contributed by atoms with Crippen molar-refractivity contribution in [1.29, 1.82) is 5.26 Å². The quantitative estimate of drug-likeness (QED) is 0.690. The number of rotatable bonds is 4. The van der Waals surface area contributed by atoms with Gasteiger partial charge in [-0.05, 0) is 25.0 Å². The predicted molar refractivity (Wildman–Crippen MR) is 80.7 cm³/mol. The number of hydrogen-bond donors (Lipinski definition) is 1. The number of nitriles is 1. The SMILES string of the molecule is N#CN(c1cc(-c2cccc(Cl)c2)on1)C1CC(C(N)=O)C1. The van der Waals surface area contributed by atoms with Gasteiger partial charge >= 0.3 is 0 Å². The van der Waals surface area contributed by atoms with Crippen LogP contribution < -0.4 is 10.6 Å². The van der Waals surface area contributed by atoms with E-state index in [1.165, 1.54) is 4.90 Å². The number of benzene rings is 1. The second-order valence-electron chi connectivity index (χ2n) is 5.25. The van der Waals surface area contributed by atoms with E-state index in [9.17, 15) is 10.1 Å². The second-order valence-corrected chi connectivity index (χ2v) is 5.69. The number of nitrogens with two attached hydrogens (primary N) is 1. The smallest absolute Gasteiger partial charge is 0.220 e. The van der Waals surface area contributed by atoms with E-state index in [1.54, 1.807) is 18.2 Å². The average molecular weight is 317 g/mol. The summed E-state index contributed by atoms with van der Waals surface area (Å²) in [7, 11) is 0. The van der Waals surface area contributed by atoms with Crippen molar-refractivity contribution in [2.45, 2.75) is 18.9 Å². The number of nitrogens with zero attached hydrogens (tertiary/aromatic N) is 3. The zero-order valence-corrected chi connectivity index (χ0v) is 12.3. The Kier molecular flexibility index (Phi) is 3.73. The summed E-state index contributed by atoms with van der Waals surface area (Å²) in [6, 6.07) is 8.80. The number of carbonyl (C=O) groups is 1. The molecule has 1 heterocycles. The number of primary amides is 1. The highest BCUT2D eigenvalue weighted by Crippen LogP contribution is 2.35. The van der Waals surface area contributed by atoms with Gasteiger partial charge in [0.2, 0.25) is 5.91 Å². The molecule has 0 bridgehead atoms. The maximum Gasteiger partial charge on any atom is 0.220 e. The molecule has 0 spiro atoms. The molecule has 0 unspecified atom stereocenters. The van der Waals surface area contributed by atoms with Gasteiger partial charge in [-0.25, -0.2) is 0 Å². The summed E-state index contributed by atoms with van der Waals surface area (Å²) in [5.41, 5.74) is 6.03. The Labute approximate surface area is 132 Å². The number of aromatic nitrogens is 1. The van der Waals surface area contributed by atoms with Gasteiger partial charge < -0.3 is 10.3 Å². The molecule has 0 atom stereocenters. The minimum absolute atomic E-state index is 0.0696. The normalized spacial score (nSPS) is 20.0. The molecule has 7 heteroatoms. The molecule has 0 radical (unpaired) electrons. The number of carbonyl (C=O) groups excluding carboxylic acids is 1. The van der Waals surface area contributed by atoms with Gasteiger partial charge in [-0.1, -0.05) is 28.9 Å². The molecule has 2 aromatic rings. The van der Waals surface area contributed by atoms with E-state index in [0.717, 1.165) is 5.56 Å². The summed E-state index contributed by atoms with van der Waals surface area (Å²) >= 11 is 5.95. The molecule has 0 saturated heterocycles. The second kappa shape index (κ2) is 5.70. The van der Waals surface area contributed by atoms with E-state index in [4.69, 9.17) is 21.9 Å². The zero-order valence-electron chi connectivity index (χ0n) is 11.6. The molecule has 2 N–H and O–H groups in total. The van der Waals surface area contributed by atoms with Crippen LogP contribution in [0, 0.1) is 17.4 Å². The lowest BCUT2D eigenvalue weighted by Gasteiger charge is -2.37. The zero-order chi connectivity index (χ0) is 15.7. The first-order chi connectivity index (χ1) is 10.6. The first kappa shape index (κ1) is 14.4. The maximum absolute atomic E-state index is 11.1. The lowest BCUT2D eigenvalue weighted by atomic mass is 9.79. The highest BCUT2D eigenvalue weighted by Gasteiger charge is 2.38. The van der Waals surface area contributed by atoms with Gasteiger partial charge in [0.15, 0.2) is 17.8 Å². The predicted octanol–water partition coefficient (Wildman–Crippen LogP) is 2.55. The van der Waals surface area contributed by atoms with Crippen molar-refractivity contribution in [2.24, 2.45) is 11.7 Å². The van der Waals surface area contributed by atoms with Crippen LogP contribution in [0.15, 0.2) is 34.9 Å². The van der Waals surface area contributed by atoms with Crippen LogP contribution in [0.3, 0.4) is 0 Å². The Balaban J connectivity index is 1.78. The standard InChI is InChI=1S/C15H13ClN4O2/c16-11-3-1-2-9(4-11)13-7-14(19-22-13)20(8-17)12-5-10(6-12)15(18)21/h1-4,7,10,12H,5-6H2,(H2,18,21). The van der Waals surface area contributed by atoms with Crippen LogP contribution >= 0.6 is 11.6 Å². The molecule has 22 heavy (non-hydrogen) atoms. The summed E-state index contributed by atoms with van der Waals surface area (Å²) in [6.45, 7) is 0. The van der Waals surface area contributed by atoms with Crippen LogP contribution in [0.5, 0.6) is 0 Å². The van der Waals surface area contributed by atoms with E-state index in [1.807, 2.05) is 12.1 Å². The van der Waals surface area contributed by atoms with Gasteiger partial charge in [-0.2, -0.15) is 5.26 Å². The van der Waals surface area contributed by atoms with E-state index in [-0.39, 0.29) is 17.9 Å². The van der Waals surface area contributed by atoms with Gasteiger partial charge in [0.1, 0.15) is 0 Å². The lowest BCUT2D eigenvalue weighted by molar-refractivity contribution is -0.124. The molecule has 3 rings (SSSR count). The molecule has 0 aliphatic heterocycles. The molecule has 1 fully saturated rings. The monoisotopic (exact) mass is 316 g/mol. The first-order valence-electron chi connectivity index (χ1n) is 6.79. The summed E-state index contributed by atoms with van der Waals surface area (Å²) in [5.74, 6) is 0.461. The summed E-state index contributed by atoms with van der Waals surface area (Å²) in [6.07, 6.45) is 3.20. The molecular weight excluding hydrogens is 304 g/mol. The molecule has 1 aromatic carbocycles. The van der Waals surface area contributed by atoms with Crippen molar-refractivity contribution in [3.63, 3.8) is 0 Å². The molecule has 6 nitrogen and oxygen atoms in total. The topological polar surface area (TPSA) is 96.2 Å². The summed E-state index contributed by atoms with van der Waals surface area (Å²) < 4.78 is 5.29. The Morgan fingerprint density at radius 1 is 1.45 bits per heavy atom. The molecule has 1 aliphatic rings. The van der Waals surface area contributed by atoms with Crippen molar-refractivity contribution in [1.82, 2.24) is 5.16 Å². The molecular formula is C15H13ClN4O2. The fourth-order valence-electron chi connectivity index (χ4n) is 2.51. The van der Waals surface area contributed by atoms with Crippen molar-refractivity contribution in [2.75, 3.05) is 4.90 Å². The Bertz CT molecular complexity index is 746. The van der Waals surface area contributed by atoms with Crippen LogP contribution in [0.2, 0.25) is 5.02 Å². The summed E-state index contributed by atoms with van der Waals surface area (Å²) in [4.78, 5) is 12.5. The highest BCUT2D eigenvalue weighted by molar-refractivity contribution is 6.30. The van der Waals surface area contributed by atoms with Gasteiger partial charge in [0.05, 0.1) is 0 Å². The van der Waals surface area contributed by atoms with Gasteiger partial charge in [-0.3, -0.25) is 9.69 Å². The van der Waals surface area contributed by atoms with Crippen molar-refractivity contribution in [3.8, 4) is 17.5 Å².